The highest BCUT2D eigenvalue weighted by molar-refractivity contribution is 5.30. The minimum atomic E-state index is -4.73. The van der Waals surface area contributed by atoms with E-state index >= 15 is 0 Å². The molecule has 1 heterocycles. The van der Waals surface area contributed by atoms with Gasteiger partial charge in [-0.15, -0.1) is 0 Å². The second-order valence-electron chi connectivity index (χ2n) is 4.98. The third kappa shape index (κ3) is 2.94. The Bertz CT molecular complexity index is 478. The molecule has 3 N–H and O–H groups in total. The number of nitrogens with one attached hydrogen (secondary N) is 1. The summed E-state index contributed by atoms with van der Waals surface area (Å²) in [5, 5.41) is 0. The van der Waals surface area contributed by atoms with Gasteiger partial charge in [-0.2, -0.15) is 13.2 Å². The van der Waals surface area contributed by atoms with Gasteiger partial charge in [-0.05, 0) is 30.0 Å². The van der Waals surface area contributed by atoms with Crippen molar-refractivity contribution in [1.82, 2.24) is 5.43 Å². The lowest BCUT2D eigenvalue weighted by molar-refractivity contribution is -0.140. The fourth-order valence-electron chi connectivity index (χ4n) is 2.48. The van der Waals surface area contributed by atoms with E-state index in [1.54, 1.807) is 0 Å². The average Bonchev–Trinajstić information content (AvgIpc) is 2.77. The number of halogens is 4. The van der Waals surface area contributed by atoms with Crippen LogP contribution in [0.15, 0.2) is 18.2 Å². The van der Waals surface area contributed by atoms with Crippen LogP contribution in [0.3, 0.4) is 0 Å². The number of nitrogens with two attached hydrogens (primary N) is 1. The van der Waals surface area contributed by atoms with Gasteiger partial charge in [0.1, 0.15) is 5.82 Å². The van der Waals surface area contributed by atoms with Gasteiger partial charge in [0.05, 0.1) is 17.7 Å². The fourth-order valence-corrected chi connectivity index (χ4v) is 2.48. The smallest absolute Gasteiger partial charge is 0.376 e. The summed E-state index contributed by atoms with van der Waals surface area (Å²) in [5.74, 6) is 4.31. The molecule has 0 saturated carbocycles. The molecular formula is C13H16F4N2O. The zero-order valence-electron chi connectivity index (χ0n) is 10.9. The molecule has 3 atom stereocenters. The first-order chi connectivity index (χ1) is 9.34. The molecule has 0 spiro atoms. The summed E-state index contributed by atoms with van der Waals surface area (Å²) in [4.78, 5) is 0. The van der Waals surface area contributed by atoms with Gasteiger partial charge in [0, 0.05) is 6.61 Å². The molecule has 1 aromatic carbocycles. The SMILES string of the molecule is CC1CCOC1C(NN)c1ccc(F)c(C(F)(F)F)c1. The van der Waals surface area contributed by atoms with Crippen molar-refractivity contribution in [3.63, 3.8) is 0 Å². The maximum atomic E-state index is 13.3. The van der Waals surface area contributed by atoms with E-state index in [-0.39, 0.29) is 17.6 Å². The van der Waals surface area contributed by atoms with Crippen LogP contribution in [0.25, 0.3) is 0 Å². The zero-order chi connectivity index (χ0) is 14.9. The molecule has 2 rings (SSSR count). The molecular weight excluding hydrogens is 276 g/mol. The van der Waals surface area contributed by atoms with Crippen LogP contribution >= 0.6 is 0 Å². The fraction of sp³-hybridized carbons (Fsp3) is 0.538. The molecule has 0 aliphatic carbocycles. The molecule has 20 heavy (non-hydrogen) atoms. The summed E-state index contributed by atoms with van der Waals surface area (Å²) in [6.07, 6.45) is -4.25. The van der Waals surface area contributed by atoms with Gasteiger partial charge in [-0.25, -0.2) is 4.39 Å². The molecule has 3 nitrogen and oxygen atoms in total. The molecule has 1 saturated heterocycles. The lowest BCUT2D eigenvalue weighted by Gasteiger charge is -2.26. The summed E-state index contributed by atoms with van der Waals surface area (Å²) in [6.45, 7) is 2.48. The summed E-state index contributed by atoms with van der Waals surface area (Å²) in [7, 11) is 0. The molecule has 1 aromatic rings. The van der Waals surface area contributed by atoms with Crippen LogP contribution in [-0.2, 0) is 10.9 Å². The van der Waals surface area contributed by atoms with Crippen LogP contribution in [0.2, 0.25) is 0 Å². The molecule has 7 heteroatoms. The van der Waals surface area contributed by atoms with Crippen molar-refractivity contribution < 1.29 is 22.3 Å². The maximum absolute atomic E-state index is 13.3. The predicted molar refractivity (Wildman–Crippen MR) is 65.0 cm³/mol. The predicted octanol–water partition coefficient (Wildman–Crippen LogP) is 2.77. The van der Waals surface area contributed by atoms with E-state index in [0.29, 0.717) is 6.61 Å². The third-order valence-corrected chi connectivity index (χ3v) is 3.61. The Kier molecular flexibility index (Phi) is 4.31. The van der Waals surface area contributed by atoms with E-state index in [0.717, 1.165) is 18.6 Å². The monoisotopic (exact) mass is 292 g/mol. The van der Waals surface area contributed by atoms with Crippen LogP contribution in [0.4, 0.5) is 17.6 Å². The van der Waals surface area contributed by atoms with Crippen LogP contribution in [0.1, 0.15) is 30.5 Å². The van der Waals surface area contributed by atoms with E-state index in [1.807, 2.05) is 6.92 Å². The van der Waals surface area contributed by atoms with Gasteiger partial charge in [0.25, 0.3) is 0 Å². The second kappa shape index (κ2) is 5.67. The highest BCUT2D eigenvalue weighted by atomic mass is 19.4. The van der Waals surface area contributed by atoms with Crippen molar-refractivity contribution in [3.8, 4) is 0 Å². The second-order valence-corrected chi connectivity index (χ2v) is 4.98. The Morgan fingerprint density at radius 1 is 1.40 bits per heavy atom. The Balaban J connectivity index is 2.35. The van der Waals surface area contributed by atoms with Crippen molar-refractivity contribution in [2.24, 2.45) is 11.8 Å². The number of ether oxygens (including phenoxy) is 1. The van der Waals surface area contributed by atoms with Gasteiger partial charge < -0.3 is 4.74 Å². The Morgan fingerprint density at radius 3 is 2.60 bits per heavy atom. The standard InChI is InChI=1S/C13H16F4N2O/c1-7-4-5-20-12(7)11(19-18)8-2-3-10(14)9(6-8)13(15,16)17/h2-3,6-7,11-12,19H,4-5,18H2,1H3. The largest absolute Gasteiger partial charge is 0.419 e. The molecule has 0 amide bonds. The van der Waals surface area contributed by atoms with Gasteiger partial charge in [-0.3, -0.25) is 11.3 Å². The lowest BCUT2D eigenvalue weighted by atomic mass is 9.92. The van der Waals surface area contributed by atoms with E-state index in [1.165, 1.54) is 6.07 Å². The minimum absolute atomic E-state index is 0.162. The van der Waals surface area contributed by atoms with E-state index in [9.17, 15) is 17.6 Å². The van der Waals surface area contributed by atoms with E-state index in [4.69, 9.17) is 10.6 Å². The van der Waals surface area contributed by atoms with Crippen LogP contribution in [0.5, 0.6) is 0 Å². The normalized spacial score (nSPS) is 24.9. The molecule has 0 aromatic heterocycles. The minimum Gasteiger partial charge on any atom is -0.376 e. The highest BCUT2D eigenvalue weighted by Crippen LogP contribution is 2.36. The number of rotatable bonds is 3. The Hall–Kier alpha value is -1.18. The molecule has 3 unspecified atom stereocenters. The maximum Gasteiger partial charge on any atom is 0.419 e. The first kappa shape index (κ1) is 15.2. The van der Waals surface area contributed by atoms with Gasteiger partial charge >= 0.3 is 6.18 Å². The summed E-state index contributed by atoms with van der Waals surface area (Å²) < 4.78 is 57.0. The summed E-state index contributed by atoms with van der Waals surface area (Å²) >= 11 is 0. The van der Waals surface area contributed by atoms with Crippen LogP contribution < -0.4 is 11.3 Å². The number of benzene rings is 1. The van der Waals surface area contributed by atoms with Crippen LogP contribution in [-0.4, -0.2) is 12.7 Å². The molecule has 1 fully saturated rings. The molecule has 1 aliphatic heterocycles. The Morgan fingerprint density at radius 2 is 2.10 bits per heavy atom. The third-order valence-electron chi connectivity index (χ3n) is 3.61. The average molecular weight is 292 g/mol. The van der Waals surface area contributed by atoms with Gasteiger partial charge in [0.2, 0.25) is 0 Å². The highest BCUT2D eigenvalue weighted by Gasteiger charge is 2.37. The first-order valence-electron chi connectivity index (χ1n) is 6.29. The number of hydrogen-bond acceptors (Lipinski definition) is 3. The molecule has 0 radical (unpaired) electrons. The quantitative estimate of drug-likeness (QED) is 0.511. The van der Waals surface area contributed by atoms with Gasteiger partial charge in [-0.1, -0.05) is 13.0 Å². The van der Waals surface area contributed by atoms with E-state index < -0.39 is 23.6 Å². The van der Waals surface area contributed by atoms with Crippen molar-refractivity contribution in [2.45, 2.75) is 31.7 Å². The summed E-state index contributed by atoms with van der Waals surface area (Å²) in [6, 6.07) is 2.29. The zero-order valence-corrected chi connectivity index (χ0v) is 10.9. The molecule has 0 bridgehead atoms. The number of alkyl halides is 3. The van der Waals surface area contributed by atoms with Crippen molar-refractivity contribution in [3.05, 3.63) is 35.1 Å². The molecule has 1 aliphatic rings. The van der Waals surface area contributed by atoms with Crippen molar-refractivity contribution >= 4 is 0 Å². The topological polar surface area (TPSA) is 47.3 Å². The first-order valence-corrected chi connectivity index (χ1v) is 6.29. The van der Waals surface area contributed by atoms with E-state index in [2.05, 4.69) is 5.43 Å². The van der Waals surface area contributed by atoms with Crippen molar-refractivity contribution in [1.29, 1.82) is 0 Å². The Labute approximate surface area is 114 Å². The summed E-state index contributed by atoms with van der Waals surface area (Å²) in [5.41, 5.74) is 1.45. The van der Waals surface area contributed by atoms with Crippen LogP contribution in [0, 0.1) is 11.7 Å². The lowest BCUT2D eigenvalue weighted by Crippen LogP contribution is -2.38. The van der Waals surface area contributed by atoms with Gasteiger partial charge in [0.15, 0.2) is 0 Å². The number of hydrogen-bond donors (Lipinski definition) is 2. The molecule has 112 valence electrons. The number of hydrazine groups is 1. The van der Waals surface area contributed by atoms with Crippen molar-refractivity contribution in [2.75, 3.05) is 6.61 Å².